The number of benzene rings is 3. The molecule has 0 fully saturated rings. The Morgan fingerprint density at radius 3 is 2.24 bits per heavy atom. The van der Waals surface area contributed by atoms with Crippen LogP contribution < -0.4 is 4.74 Å². The molecule has 0 bridgehead atoms. The number of H-pyrrole nitrogens is 1. The minimum atomic E-state index is -3.87. The van der Waals surface area contributed by atoms with Crippen LogP contribution in [0.4, 0.5) is 0 Å². The molecular weight excluding hydrogens is 540 g/mol. The fraction of sp³-hybridized carbons (Fsp3) is 0.406. The first-order chi connectivity index (χ1) is 19.4. The lowest BCUT2D eigenvalue weighted by molar-refractivity contribution is -0.143. The van der Waals surface area contributed by atoms with Crippen molar-refractivity contribution in [1.29, 1.82) is 0 Å². The van der Waals surface area contributed by atoms with Gasteiger partial charge in [0, 0.05) is 41.6 Å². The van der Waals surface area contributed by atoms with Crippen molar-refractivity contribution in [1.82, 2.24) is 9.29 Å². The van der Waals surface area contributed by atoms with Gasteiger partial charge in [0.1, 0.15) is 5.75 Å². The number of aromatic amines is 1. The predicted octanol–water partition coefficient (Wildman–Crippen LogP) is 6.48. The van der Waals surface area contributed by atoms with Crippen molar-refractivity contribution in [2.24, 2.45) is 5.41 Å². The maximum absolute atomic E-state index is 13.9. The van der Waals surface area contributed by atoms with Crippen LogP contribution in [0.15, 0.2) is 59.5 Å². The smallest absolute Gasteiger partial charge is 0.316 e. The van der Waals surface area contributed by atoms with E-state index < -0.39 is 21.7 Å². The van der Waals surface area contributed by atoms with Gasteiger partial charge in [-0.15, -0.1) is 0 Å². The van der Waals surface area contributed by atoms with E-state index in [-0.39, 0.29) is 24.0 Å². The molecule has 4 aromatic rings. The van der Waals surface area contributed by atoms with E-state index in [1.165, 1.54) is 4.31 Å². The van der Waals surface area contributed by atoms with Crippen LogP contribution in [-0.4, -0.2) is 49.7 Å². The number of esters is 1. The molecule has 0 unspecified atom stereocenters. The first kappa shape index (κ1) is 30.7. The Kier molecular flexibility index (Phi) is 9.23. The molecule has 0 spiro atoms. The molecule has 0 aliphatic carbocycles. The molecule has 41 heavy (non-hydrogen) atoms. The molecule has 1 heterocycles. The summed E-state index contributed by atoms with van der Waals surface area (Å²) in [5.74, 6) is 0.149. The molecule has 3 aromatic carbocycles. The monoisotopic (exact) mass is 580 g/mol. The first-order valence-electron chi connectivity index (χ1n) is 13.9. The fourth-order valence-corrected chi connectivity index (χ4v) is 6.24. The third-order valence-corrected chi connectivity index (χ3v) is 8.85. The van der Waals surface area contributed by atoms with E-state index >= 15 is 0 Å². The summed E-state index contributed by atoms with van der Waals surface area (Å²) >= 11 is 0. The van der Waals surface area contributed by atoms with Gasteiger partial charge < -0.3 is 19.2 Å². The molecule has 0 atom stereocenters. The van der Waals surface area contributed by atoms with E-state index in [1.54, 1.807) is 36.4 Å². The number of fused-ring (bicyclic) bond motifs is 3. The fourth-order valence-electron chi connectivity index (χ4n) is 4.82. The van der Waals surface area contributed by atoms with Gasteiger partial charge in [-0.25, -0.2) is 8.42 Å². The SMILES string of the molecule is CCOC(CN(Cc1cc(C)c2[nH]c3ccc(OC(=O)C(C)(C)C)cc3c2c1C)S(=O)(=O)c1ccccc1)OCC. The summed E-state index contributed by atoms with van der Waals surface area (Å²) in [5, 5.41) is 1.87. The van der Waals surface area contributed by atoms with Crippen molar-refractivity contribution in [2.75, 3.05) is 19.8 Å². The second kappa shape index (κ2) is 12.3. The lowest BCUT2D eigenvalue weighted by Crippen LogP contribution is -2.39. The van der Waals surface area contributed by atoms with Gasteiger partial charge in [0.25, 0.3) is 0 Å². The van der Waals surface area contributed by atoms with Gasteiger partial charge in [0.2, 0.25) is 10.0 Å². The van der Waals surface area contributed by atoms with Gasteiger partial charge in [-0.05, 0) is 95.5 Å². The molecule has 4 rings (SSSR count). The standard InChI is InChI=1S/C32H40N2O6S/c1-8-38-28(39-9-2)20-34(41(36,37)25-13-11-10-12-14-25)19-23-17-21(3)30-29(22(23)4)26-18-24(15-16-27(26)33-30)40-31(35)32(5,6)7/h10-18,28,33H,8-9,19-20H2,1-7H3. The number of hydrogen-bond donors (Lipinski definition) is 1. The van der Waals surface area contributed by atoms with Crippen molar-refractivity contribution in [3.63, 3.8) is 0 Å². The first-order valence-corrected chi connectivity index (χ1v) is 15.4. The molecular formula is C32H40N2O6S. The molecule has 1 N–H and O–H groups in total. The number of hydrogen-bond acceptors (Lipinski definition) is 6. The molecule has 0 aliphatic rings. The van der Waals surface area contributed by atoms with Crippen LogP contribution in [0.5, 0.6) is 5.75 Å². The third kappa shape index (κ3) is 6.64. The van der Waals surface area contributed by atoms with E-state index in [0.29, 0.717) is 19.0 Å². The van der Waals surface area contributed by atoms with Crippen LogP contribution in [0.3, 0.4) is 0 Å². The van der Waals surface area contributed by atoms with E-state index in [0.717, 1.165) is 38.5 Å². The second-order valence-electron chi connectivity index (χ2n) is 11.2. The Balaban J connectivity index is 1.81. The third-order valence-electron chi connectivity index (χ3n) is 7.02. The van der Waals surface area contributed by atoms with Gasteiger partial charge in [-0.1, -0.05) is 24.3 Å². The molecule has 0 amide bonds. The molecule has 9 heteroatoms. The summed E-state index contributed by atoms with van der Waals surface area (Å²) in [4.78, 5) is 16.2. The Morgan fingerprint density at radius 2 is 1.63 bits per heavy atom. The number of nitrogens with zero attached hydrogens (tertiary/aromatic N) is 1. The number of carbonyl (C=O) groups is 1. The van der Waals surface area contributed by atoms with Crippen LogP contribution in [0, 0.1) is 19.3 Å². The Bertz CT molecular complexity index is 1630. The Labute approximate surface area is 242 Å². The average molecular weight is 581 g/mol. The van der Waals surface area contributed by atoms with Gasteiger partial charge in [0.15, 0.2) is 6.29 Å². The van der Waals surface area contributed by atoms with E-state index in [1.807, 2.05) is 66.7 Å². The summed E-state index contributed by atoms with van der Waals surface area (Å²) in [6.45, 7) is 14.1. The van der Waals surface area contributed by atoms with Gasteiger partial charge in [-0.2, -0.15) is 4.31 Å². The zero-order valence-electron chi connectivity index (χ0n) is 24.9. The highest BCUT2D eigenvalue weighted by Gasteiger charge is 2.29. The lowest BCUT2D eigenvalue weighted by atomic mass is 9.97. The largest absolute Gasteiger partial charge is 0.426 e. The highest BCUT2D eigenvalue weighted by atomic mass is 32.2. The number of rotatable bonds is 11. The molecule has 0 saturated carbocycles. The number of aryl methyl sites for hydroxylation is 2. The van der Waals surface area contributed by atoms with Crippen molar-refractivity contribution in [2.45, 2.75) is 66.2 Å². The van der Waals surface area contributed by atoms with Crippen LogP contribution in [0.2, 0.25) is 0 Å². The van der Waals surface area contributed by atoms with Gasteiger partial charge >= 0.3 is 5.97 Å². The van der Waals surface area contributed by atoms with Gasteiger partial charge in [0.05, 0.1) is 16.9 Å². The molecule has 0 saturated heterocycles. The highest BCUT2D eigenvalue weighted by Crippen LogP contribution is 2.36. The molecule has 0 aliphatic heterocycles. The number of nitrogens with one attached hydrogen (secondary N) is 1. The van der Waals surface area contributed by atoms with E-state index in [4.69, 9.17) is 14.2 Å². The summed E-state index contributed by atoms with van der Waals surface area (Å²) in [7, 11) is -3.87. The molecule has 1 aromatic heterocycles. The summed E-state index contributed by atoms with van der Waals surface area (Å²) in [5.41, 5.74) is 4.00. The quantitative estimate of drug-likeness (QED) is 0.124. The van der Waals surface area contributed by atoms with Crippen molar-refractivity contribution in [3.8, 4) is 5.75 Å². The zero-order valence-corrected chi connectivity index (χ0v) is 25.7. The van der Waals surface area contributed by atoms with Crippen LogP contribution in [-0.2, 0) is 30.8 Å². The highest BCUT2D eigenvalue weighted by molar-refractivity contribution is 7.89. The number of ether oxygens (including phenoxy) is 3. The summed E-state index contributed by atoms with van der Waals surface area (Å²) in [6.07, 6.45) is -0.707. The number of aromatic nitrogens is 1. The van der Waals surface area contributed by atoms with Crippen molar-refractivity contribution in [3.05, 3.63) is 71.3 Å². The topological polar surface area (TPSA) is 97.9 Å². The van der Waals surface area contributed by atoms with Crippen LogP contribution >= 0.6 is 0 Å². The molecule has 8 nitrogen and oxygen atoms in total. The maximum atomic E-state index is 13.9. The molecule has 220 valence electrons. The normalized spacial score (nSPS) is 12.6. The number of sulfonamides is 1. The Hall–Kier alpha value is -3.24. The molecule has 0 radical (unpaired) electrons. The average Bonchev–Trinajstić information content (AvgIpc) is 3.31. The predicted molar refractivity (Wildman–Crippen MR) is 161 cm³/mol. The van der Waals surface area contributed by atoms with Crippen LogP contribution in [0.25, 0.3) is 21.8 Å². The zero-order chi connectivity index (χ0) is 29.9. The maximum Gasteiger partial charge on any atom is 0.316 e. The number of carbonyl (C=O) groups excluding carboxylic acids is 1. The minimum Gasteiger partial charge on any atom is -0.426 e. The van der Waals surface area contributed by atoms with Crippen LogP contribution in [0.1, 0.15) is 51.3 Å². The summed E-state index contributed by atoms with van der Waals surface area (Å²) < 4.78 is 46.4. The van der Waals surface area contributed by atoms with Crippen molar-refractivity contribution >= 4 is 37.8 Å². The van der Waals surface area contributed by atoms with E-state index in [2.05, 4.69) is 4.98 Å². The van der Waals surface area contributed by atoms with E-state index in [9.17, 15) is 13.2 Å². The summed E-state index contributed by atoms with van der Waals surface area (Å²) in [6, 6.07) is 16.0. The lowest BCUT2D eigenvalue weighted by Gasteiger charge is -2.27. The van der Waals surface area contributed by atoms with Gasteiger partial charge in [-0.3, -0.25) is 4.79 Å². The van der Waals surface area contributed by atoms with Crippen molar-refractivity contribution < 1.29 is 27.4 Å². The minimum absolute atomic E-state index is 0.0379. The Morgan fingerprint density at radius 1 is 0.976 bits per heavy atom. The second-order valence-corrected chi connectivity index (χ2v) is 13.1.